The van der Waals surface area contributed by atoms with E-state index in [9.17, 15) is 10.1 Å². The van der Waals surface area contributed by atoms with Crippen LogP contribution in [-0.2, 0) is 0 Å². The summed E-state index contributed by atoms with van der Waals surface area (Å²) in [4.78, 5) is 28.0. The molecule has 0 spiro atoms. The number of rotatable bonds is 9. The molecule has 1 aromatic carbocycles. The maximum atomic E-state index is 11.6. The van der Waals surface area contributed by atoms with E-state index in [1.54, 1.807) is 18.6 Å². The molecule has 216 valence electrons. The number of benzene rings is 1. The van der Waals surface area contributed by atoms with Crippen LogP contribution in [0.5, 0.6) is 0 Å². The van der Waals surface area contributed by atoms with Gasteiger partial charge in [-0.15, -0.1) is 0 Å². The summed E-state index contributed by atoms with van der Waals surface area (Å²) in [6.45, 7) is 8.44. The molecule has 42 heavy (non-hydrogen) atoms. The van der Waals surface area contributed by atoms with Gasteiger partial charge in [0.15, 0.2) is 11.7 Å². The third-order valence-corrected chi connectivity index (χ3v) is 8.27. The highest BCUT2D eigenvalue weighted by atomic mass is 35.5. The van der Waals surface area contributed by atoms with E-state index < -0.39 is 5.76 Å². The number of aliphatic imine (C=N–C) groups is 1. The minimum absolute atomic E-state index is 0.000276. The molecule has 1 fully saturated rings. The molecule has 4 atom stereocenters. The normalized spacial score (nSPS) is 18.8. The van der Waals surface area contributed by atoms with Crippen LogP contribution in [0.1, 0.15) is 91.8 Å². The Labute approximate surface area is 249 Å². The van der Waals surface area contributed by atoms with E-state index in [2.05, 4.69) is 44.2 Å². The predicted octanol–water partition coefficient (Wildman–Crippen LogP) is 6.12. The predicted molar refractivity (Wildman–Crippen MR) is 162 cm³/mol. The Morgan fingerprint density at radius 1 is 1.38 bits per heavy atom. The summed E-state index contributed by atoms with van der Waals surface area (Å²) in [6, 6.07) is 11.9. The van der Waals surface area contributed by atoms with Crippen LogP contribution in [0.25, 0.3) is 6.20 Å². The van der Waals surface area contributed by atoms with Crippen molar-refractivity contribution in [1.29, 1.82) is 5.26 Å². The first-order valence-corrected chi connectivity index (χ1v) is 14.4. The highest BCUT2D eigenvalue weighted by Crippen LogP contribution is 2.42. The molecular formula is C31H33ClN8O2. The first-order chi connectivity index (χ1) is 20.3. The minimum Gasteiger partial charge on any atom is -0.380 e. The summed E-state index contributed by atoms with van der Waals surface area (Å²) in [5.74, 6) is 0.844. The van der Waals surface area contributed by atoms with Crippen LogP contribution in [0.15, 0.2) is 63.6 Å². The number of nitrogens with zero attached hydrogens (tertiary/aromatic N) is 6. The molecule has 4 aromatic rings. The number of aromatic nitrogens is 5. The first-order valence-electron chi connectivity index (χ1n) is 14.0. The first kappa shape index (κ1) is 29.0. The van der Waals surface area contributed by atoms with Crippen molar-refractivity contribution >= 4 is 29.5 Å². The van der Waals surface area contributed by atoms with Crippen LogP contribution in [-0.4, -0.2) is 30.5 Å². The number of pyridine rings is 1. The number of halogens is 1. The topological polar surface area (TPSA) is 152 Å². The average Bonchev–Trinajstić information content (AvgIpc) is 3.58. The highest BCUT2D eigenvalue weighted by molar-refractivity contribution is 6.30. The molecule has 0 saturated heterocycles. The number of amidine groups is 1. The van der Waals surface area contributed by atoms with Gasteiger partial charge in [0, 0.05) is 30.4 Å². The Morgan fingerprint density at radius 2 is 2.19 bits per heavy atom. The highest BCUT2D eigenvalue weighted by Gasteiger charge is 2.32. The largest absolute Gasteiger partial charge is 0.439 e. The number of nitriles is 1. The van der Waals surface area contributed by atoms with Crippen LogP contribution in [0.4, 0.5) is 5.82 Å². The molecule has 1 aliphatic carbocycles. The summed E-state index contributed by atoms with van der Waals surface area (Å²) >= 11 is 6.31. The van der Waals surface area contributed by atoms with Crippen molar-refractivity contribution in [1.82, 2.24) is 24.7 Å². The summed E-state index contributed by atoms with van der Waals surface area (Å²) in [5.41, 5.74) is 9.33. The molecule has 1 saturated carbocycles. The van der Waals surface area contributed by atoms with E-state index in [0.29, 0.717) is 39.8 Å². The standard InChI is InChI=1S/C31H33ClN8O2/c1-4-40-26(19(3)22-14-23(32)17-35-16-22)28(36-27(34)29-38-31(41)42-39-29)37-30(40)25(13-20-9-7-8-18(2)12-20)24-11-6-5-10-21(24)15-33/h4-6,10-11,14,16-20,25H,1,7-9,12-13H2,2-3H3,(H2,34,36)(H,38,39,41)/t18-,19?,20?,25?/m0/s1. The van der Waals surface area contributed by atoms with E-state index in [1.165, 1.54) is 12.8 Å². The monoisotopic (exact) mass is 584 g/mol. The van der Waals surface area contributed by atoms with Gasteiger partial charge in [0.25, 0.3) is 0 Å². The fourth-order valence-electron chi connectivity index (χ4n) is 6.08. The van der Waals surface area contributed by atoms with Gasteiger partial charge >= 0.3 is 5.76 Å². The summed E-state index contributed by atoms with van der Waals surface area (Å²) in [5, 5.41) is 14.2. The lowest BCUT2D eigenvalue weighted by Crippen LogP contribution is -2.19. The Kier molecular flexibility index (Phi) is 8.69. The molecule has 1 aliphatic rings. The van der Waals surface area contributed by atoms with Crippen LogP contribution in [0, 0.1) is 23.2 Å². The fraction of sp³-hybridized carbons (Fsp3) is 0.355. The Hall–Kier alpha value is -4.49. The van der Waals surface area contributed by atoms with E-state index in [-0.39, 0.29) is 23.5 Å². The molecule has 0 aliphatic heterocycles. The second-order valence-corrected chi connectivity index (χ2v) is 11.4. The second-order valence-electron chi connectivity index (χ2n) is 11.0. The molecule has 3 heterocycles. The van der Waals surface area contributed by atoms with Gasteiger partial charge in [-0.3, -0.25) is 14.5 Å². The average molecular weight is 585 g/mol. The lowest BCUT2D eigenvalue weighted by molar-refractivity contribution is 0.261. The van der Waals surface area contributed by atoms with E-state index >= 15 is 0 Å². The number of imidazole rings is 1. The number of nitrogens with one attached hydrogen (secondary N) is 1. The molecule has 3 unspecified atom stereocenters. The number of hydrogen-bond acceptors (Lipinski definition) is 7. The number of aromatic amines is 1. The smallest absolute Gasteiger partial charge is 0.380 e. The Balaban J connectivity index is 1.72. The molecule has 0 radical (unpaired) electrons. The van der Waals surface area contributed by atoms with E-state index in [0.717, 1.165) is 30.4 Å². The van der Waals surface area contributed by atoms with E-state index in [4.69, 9.17) is 22.3 Å². The Morgan fingerprint density at radius 3 is 2.88 bits per heavy atom. The lowest BCUT2D eigenvalue weighted by atomic mass is 9.76. The maximum Gasteiger partial charge on any atom is 0.439 e. The minimum atomic E-state index is -0.742. The van der Waals surface area contributed by atoms with Crippen molar-refractivity contribution in [2.75, 3.05) is 0 Å². The zero-order chi connectivity index (χ0) is 29.8. The number of nitrogens with two attached hydrogens (primary N) is 1. The quantitative estimate of drug-likeness (QED) is 0.178. The van der Waals surface area contributed by atoms with Gasteiger partial charge in [-0.05, 0) is 47.9 Å². The van der Waals surface area contributed by atoms with Crippen molar-refractivity contribution in [3.05, 3.63) is 98.9 Å². The summed E-state index contributed by atoms with van der Waals surface area (Å²) in [7, 11) is 0. The van der Waals surface area contributed by atoms with E-state index in [1.807, 2.05) is 41.8 Å². The van der Waals surface area contributed by atoms with Crippen molar-refractivity contribution in [2.45, 2.75) is 57.8 Å². The summed E-state index contributed by atoms with van der Waals surface area (Å²) < 4.78 is 6.57. The SMILES string of the molecule is C=Cn1c(C(CC2CCC[C@H](C)C2)c2ccccc2C#N)nc(N=C(N)c2noc(=O)[nH]2)c1C(C)c1cncc(Cl)c1. The molecular weight excluding hydrogens is 552 g/mol. The fourth-order valence-corrected chi connectivity index (χ4v) is 6.27. The van der Waals surface area contributed by atoms with Crippen LogP contribution in [0.3, 0.4) is 0 Å². The van der Waals surface area contributed by atoms with Crippen LogP contribution >= 0.6 is 11.6 Å². The molecule has 3 aromatic heterocycles. The van der Waals surface area contributed by atoms with Gasteiger partial charge in [-0.2, -0.15) is 5.26 Å². The van der Waals surface area contributed by atoms with Gasteiger partial charge in [0.05, 0.1) is 22.3 Å². The van der Waals surface area contributed by atoms with Gasteiger partial charge in [-0.25, -0.2) is 14.8 Å². The maximum absolute atomic E-state index is 11.6. The van der Waals surface area contributed by atoms with Crippen LogP contribution in [0.2, 0.25) is 5.02 Å². The van der Waals surface area contributed by atoms with Gasteiger partial charge in [-0.1, -0.05) is 74.6 Å². The molecule has 11 heteroatoms. The molecule has 5 rings (SSSR count). The number of hydrogen-bond donors (Lipinski definition) is 2. The van der Waals surface area contributed by atoms with Gasteiger partial charge < -0.3 is 10.3 Å². The number of H-pyrrole nitrogens is 1. The van der Waals surface area contributed by atoms with Gasteiger partial charge in [0.2, 0.25) is 5.82 Å². The Bertz CT molecular complexity index is 1710. The van der Waals surface area contributed by atoms with Crippen molar-refractivity contribution in [2.24, 2.45) is 22.6 Å². The van der Waals surface area contributed by atoms with Crippen molar-refractivity contribution in [3.8, 4) is 6.07 Å². The van der Waals surface area contributed by atoms with Crippen molar-refractivity contribution in [3.63, 3.8) is 0 Å². The van der Waals surface area contributed by atoms with Crippen LogP contribution < -0.4 is 11.5 Å². The van der Waals surface area contributed by atoms with Crippen molar-refractivity contribution < 1.29 is 4.52 Å². The molecule has 3 N–H and O–H groups in total. The zero-order valence-corrected chi connectivity index (χ0v) is 24.4. The molecule has 10 nitrogen and oxygen atoms in total. The lowest BCUT2D eigenvalue weighted by Gasteiger charge is -2.30. The molecule has 0 amide bonds. The summed E-state index contributed by atoms with van der Waals surface area (Å²) in [6.07, 6.45) is 10.5. The third-order valence-electron chi connectivity index (χ3n) is 8.07. The third kappa shape index (κ3) is 6.06. The second kappa shape index (κ2) is 12.6. The zero-order valence-electron chi connectivity index (χ0n) is 23.6. The molecule has 0 bridgehead atoms. The van der Waals surface area contributed by atoms with Gasteiger partial charge in [0.1, 0.15) is 5.82 Å².